The Hall–Kier alpha value is -2.22. The molecule has 0 radical (unpaired) electrons. The number of imide groups is 1. The van der Waals surface area contributed by atoms with Crippen molar-refractivity contribution in [2.45, 2.75) is 19.9 Å². The van der Waals surface area contributed by atoms with E-state index in [-0.39, 0.29) is 11.8 Å². The van der Waals surface area contributed by atoms with Gasteiger partial charge >= 0.3 is 0 Å². The first-order valence-electron chi connectivity index (χ1n) is 7.93. The van der Waals surface area contributed by atoms with Crippen LogP contribution in [-0.2, 0) is 4.79 Å². The van der Waals surface area contributed by atoms with Crippen molar-refractivity contribution in [2.75, 3.05) is 5.32 Å². The highest BCUT2D eigenvalue weighted by Crippen LogP contribution is 2.27. The lowest BCUT2D eigenvalue weighted by molar-refractivity contribution is -0.121. The number of hydrogen-bond acceptors (Lipinski definition) is 3. The highest BCUT2D eigenvalue weighted by atomic mass is 127. The third-order valence-corrected chi connectivity index (χ3v) is 4.83. The van der Waals surface area contributed by atoms with Crippen molar-refractivity contribution < 1.29 is 14.4 Å². The molecular formula is C19H17IN2O3. The van der Waals surface area contributed by atoms with E-state index in [0.29, 0.717) is 16.8 Å². The number of nitrogens with one attached hydrogen (secondary N) is 1. The molecule has 1 aliphatic rings. The van der Waals surface area contributed by atoms with Crippen LogP contribution in [0, 0.1) is 9.49 Å². The molecule has 1 unspecified atom stereocenters. The summed E-state index contributed by atoms with van der Waals surface area (Å²) in [5, 5.41) is 2.81. The summed E-state index contributed by atoms with van der Waals surface area (Å²) in [7, 11) is 0. The average Bonchev–Trinajstić information content (AvgIpc) is 2.83. The number of nitrogens with zero attached hydrogens (tertiary/aromatic N) is 1. The Morgan fingerprint density at radius 3 is 1.96 bits per heavy atom. The zero-order chi connectivity index (χ0) is 18.1. The van der Waals surface area contributed by atoms with Gasteiger partial charge in [0.2, 0.25) is 5.91 Å². The quantitative estimate of drug-likeness (QED) is 0.575. The van der Waals surface area contributed by atoms with Crippen LogP contribution < -0.4 is 5.32 Å². The second kappa shape index (κ2) is 6.95. The number of fused-ring (bicyclic) bond motifs is 1. The molecule has 0 fully saturated rings. The Balaban J connectivity index is 1.89. The van der Waals surface area contributed by atoms with Gasteiger partial charge in [-0.15, -0.1) is 0 Å². The van der Waals surface area contributed by atoms with Gasteiger partial charge in [-0.1, -0.05) is 26.0 Å². The molecule has 1 N–H and O–H groups in total. The number of carbonyl (C=O) groups excluding carboxylic acids is 3. The van der Waals surface area contributed by atoms with Gasteiger partial charge in [0.05, 0.1) is 11.1 Å². The summed E-state index contributed by atoms with van der Waals surface area (Å²) in [4.78, 5) is 39.2. The average molecular weight is 448 g/mol. The standard InChI is InChI=1S/C19H17IN2O3/c1-11(2)16(17(23)21-13-9-7-12(20)8-10-13)22-18(24)14-5-3-4-6-15(14)19(22)25/h3-11,16H,1-2H3,(H,21,23). The largest absolute Gasteiger partial charge is 0.324 e. The Kier molecular flexibility index (Phi) is 4.89. The Morgan fingerprint density at radius 1 is 0.960 bits per heavy atom. The van der Waals surface area contributed by atoms with Crippen molar-refractivity contribution in [3.63, 3.8) is 0 Å². The predicted octanol–water partition coefficient (Wildman–Crippen LogP) is 3.55. The highest BCUT2D eigenvalue weighted by Gasteiger charge is 2.43. The maximum atomic E-state index is 12.8. The minimum Gasteiger partial charge on any atom is -0.324 e. The van der Waals surface area contributed by atoms with E-state index in [9.17, 15) is 14.4 Å². The highest BCUT2D eigenvalue weighted by molar-refractivity contribution is 14.1. The third-order valence-electron chi connectivity index (χ3n) is 4.12. The van der Waals surface area contributed by atoms with E-state index in [4.69, 9.17) is 0 Å². The van der Waals surface area contributed by atoms with Crippen molar-refractivity contribution in [1.82, 2.24) is 4.90 Å². The zero-order valence-electron chi connectivity index (χ0n) is 13.8. The van der Waals surface area contributed by atoms with Crippen molar-refractivity contribution in [2.24, 2.45) is 5.92 Å². The number of rotatable bonds is 4. The molecule has 2 aromatic carbocycles. The first kappa shape index (κ1) is 17.6. The second-order valence-electron chi connectivity index (χ2n) is 6.21. The number of anilines is 1. The van der Waals surface area contributed by atoms with Gasteiger partial charge in [0, 0.05) is 9.26 Å². The number of halogens is 1. The molecule has 1 aliphatic heterocycles. The minimum atomic E-state index is -0.869. The lowest BCUT2D eigenvalue weighted by Gasteiger charge is -2.28. The minimum absolute atomic E-state index is 0.217. The SMILES string of the molecule is CC(C)C(C(=O)Nc1ccc(I)cc1)N1C(=O)c2ccccc2C1=O. The Morgan fingerprint density at radius 2 is 1.48 bits per heavy atom. The van der Waals surface area contributed by atoms with Gasteiger partial charge in [-0.2, -0.15) is 0 Å². The molecule has 1 heterocycles. The van der Waals surface area contributed by atoms with Crippen LogP contribution in [0.15, 0.2) is 48.5 Å². The molecule has 0 aliphatic carbocycles. The fourth-order valence-corrected chi connectivity index (χ4v) is 3.29. The van der Waals surface area contributed by atoms with Crippen molar-refractivity contribution >= 4 is 46.0 Å². The van der Waals surface area contributed by atoms with Crippen LogP contribution in [-0.4, -0.2) is 28.7 Å². The summed E-state index contributed by atoms with van der Waals surface area (Å²) in [6.07, 6.45) is 0. The van der Waals surface area contributed by atoms with E-state index in [1.54, 1.807) is 36.4 Å². The molecule has 5 nitrogen and oxygen atoms in total. The molecule has 25 heavy (non-hydrogen) atoms. The van der Waals surface area contributed by atoms with E-state index >= 15 is 0 Å². The van der Waals surface area contributed by atoms with Crippen LogP contribution in [0.5, 0.6) is 0 Å². The monoisotopic (exact) mass is 448 g/mol. The molecule has 0 saturated carbocycles. The van der Waals surface area contributed by atoms with E-state index < -0.39 is 17.9 Å². The summed E-state index contributed by atoms with van der Waals surface area (Å²) in [5.41, 5.74) is 1.33. The fourth-order valence-electron chi connectivity index (χ4n) is 2.93. The van der Waals surface area contributed by atoms with E-state index in [1.807, 2.05) is 26.0 Å². The summed E-state index contributed by atoms with van der Waals surface area (Å²) >= 11 is 2.18. The summed E-state index contributed by atoms with van der Waals surface area (Å²) in [6.45, 7) is 3.64. The lowest BCUT2D eigenvalue weighted by Crippen LogP contribution is -2.50. The molecular weight excluding hydrogens is 431 g/mol. The van der Waals surface area contributed by atoms with Gasteiger partial charge in [0.25, 0.3) is 11.8 Å². The van der Waals surface area contributed by atoms with E-state index in [0.717, 1.165) is 8.47 Å². The van der Waals surface area contributed by atoms with Gasteiger partial charge in [-0.25, -0.2) is 0 Å². The van der Waals surface area contributed by atoms with E-state index in [2.05, 4.69) is 27.9 Å². The molecule has 0 saturated heterocycles. The molecule has 2 aromatic rings. The molecule has 3 rings (SSSR count). The van der Waals surface area contributed by atoms with Crippen molar-refractivity contribution in [1.29, 1.82) is 0 Å². The van der Waals surface area contributed by atoms with Crippen LogP contribution >= 0.6 is 22.6 Å². The van der Waals surface area contributed by atoms with E-state index in [1.165, 1.54) is 0 Å². The normalized spacial score (nSPS) is 14.6. The van der Waals surface area contributed by atoms with Crippen molar-refractivity contribution in [3.8, 4) is 0 Å². The number of benzene rings is 2. The third kappa shape index (κ3) is 3.30. The zero-order valence-corrected chi connectivity index (χ0v) is 16.0. The first-order chi connectivity index (χ1) is 11.9. The van der Waals surface area contributed by atoms with Gasteiger partial charge in [-0.3, -0.25) is 19.3 Å². The van der Waals surface area contributed by atoms with Gasteiger partial charge in [0.1, 0.15) is 6.04 Å². The second-order valence-corrected chi connectivity index (χ2v) is 7.46. The number of hydrogen-bond donors (Lipinski definition) is 1. The molecule has 3 amide bonds. The lowest BCUT2D eigenvalue weighted by atomic mass is 10.0. The van der Waals surface area contributed by atoms with Gasteiger partial charge in [-0.05, 0) is 64.9 Å². The summed E-state index contributed by atoms with van der Waals surface area (Å²) < 4.78 is 1.05. The van der Waals surface area contributed by atoms with Crippen LogP contribution in [0.1, 0.15) is 34.6 Å². The fraction of sp³-hybridized carbons (Fsp3) is 0.211. The summed E-state index contributed by atoms with van der Waals surface area (Å²) in [6, 6.07) is 13.1. The van der Waals surface area contributed by atoms with Crippen LogP contribution in [0.25, 0.3) is 0 Å². The van der Waals surface area contributed by atoms with Crippen LogP contribution in [0.2, 0.25) is 0 Å². The van der Waals surface area contributed by atoms with Gasteiger partial charge < -0.3 is 5.32 Å². The topological polar surface area (TPSA) is 66.5 Å². The first-order valence-corrected chi connectivity index (χ1v) is 9.01. The van der Waals surface area contributed by atoms with Crippen LogP contribution in [0.4, 0.5) is 5.69 Å². The number of amides is 3. The maximum absolute atomic E-state index is 12.8. The maximum Gasteiger partial charge on any atom is 0.262 e. The molecule has 0 aromatic heterocycles. The molecule has 0 spiro atoms. The van der Waals surface area contributed by atoms with Crippen LogP contribution in [0.3, 0.4) is 0 Å². The Labute approximate surface area is 159 Å². The molecule has 1 atom stereocenters. The van der Waals surface area contributed by atoms with Gasteiger partial charge in [0.15, 0.2) is 0 Å². The number of carbonyl (C=O) groups is 3. The van der Waals surface area contributed by atoms with Crippen molar-refractivity contribution in [3.05, 3.63) is 63.2 Å². The smallest absolute Gasteiger partial charge is 0.262 e. The molecule has 128 valence electrons. The Bertz CT molecular complexity index is 811. The molecule has 6 heteroatoms. The predicted molar refractivity (Wildman–Crippen MR) is 103 cm³/mol. The summed E-state index contributed by atoms with van der Waals surface area (Å²) in [5.74, 6) is -1.43. The molecule has 0 bridgehead atoms.